The number of carbonyl (C=O) groups is 3. The van der Waals surface area contributed by atoms with Gasteiger partial charge in [0, 0.05) is 16.0 Å². The molecule has 7 heteroatoms. The van der Waals surface area contributed by atoms with E-state index in [0.717, 1.165) is 10.6 Å². The molecule has 1 aliphatic heterocycles. The molecule has 2 aromatic carbocycles. The van der Waals surface area contributed by atoms with E-state index in [1.807, 2.05) is 24.3 Å². The van der Waals surface area contributed by atoms with Crippen LogP contribution in [0.3, 0.4) is 0 Å². The number of Topliss-reactive ketones (excluding diaryl/α,β-unsaturated/α-hetero) is 1. The molecule has 6 nitrogen and oxygen atoms in total. The molecule has 1 atom stereocenters. The van der Waals surface area contributed by atoms with Gasteiger partial charge in [0.2, 0.25) is 5.91 Å². The van der Waals surface area contributed by atoms with E-state index in [4.69, 9.17) is 9.47 Å². The molecular weight excluding hydrogens is 366 g/mol. The van der Waals surface area contributed by atoms with E-state index >= 15 is 0 Å². The fourth-order valence-electron chi connectivity index (χ4n) is 2.71. The van der Waals surface area contributed by atoms with Gasteiger partial charge in [-0.25, -0.2) is 0 Å². The molecule has 1 aliphatic rings. The van der Waals surface area contributed by atoms with Crippen molar-refractivity contribution in [3.63, 3.8) is 0 Å². The second-order valence-electron chi connectivity index (χ2n) is 6.04. The van der Waals surface area contributed by atoms with Crippen LogP contribution in [0.15, 0.2) is 47.4 Å². The smallest absolute Gasteiger partial charge is 0.307 e. The summed E-state index contributed by atoms with van der Waals surface area (Å²) in [4.78, 5) is 36.9. The van der Waals surface area contributed by atoms with E-state index in [2.05, 4.69) is 5.32 Å². The number of carbonyl (C=O) groups excluding carboxylic acids is 3. The highest BCUT2D eigenvalue weighted by atomic mass is 32.2. The Morgan fingerprint density at radius 3 is 2.70 bits per heavy atom. The number of esters is 1. The summed E-state index contributed by atoms with van der Waals surface area (Å²) in [7, 11) is 1.51. The fourth-order valence-corrected chi connectivity index (χ4v) is 3.80. The lowest BCUT2D eigenvalue weighted by Gasteiger charge is -2.23. The van der Waals surface area contributed by atoms with Crippen LogP contribution in [0.5, 0.6) is 5.75 Å². The molecule has 0 saturated carbocycles. The first-order valence-electron chi connectivity index (χ1n) is 8.38. The first kappa shape index (κ1) is 19.0. The zero-order chi connectivity index (χ0) is 19.4. The molecule has 0 fully saturated rings. The van der Waals surface area contributed by atoms with Gasteiger partial charge < -0.3 is 14.8 Å². The van der Waals surface area contributed by atoms with E-state index < -0.39 is 11.2 Å². The average molecular weight is 385 g/mol. The minimum atomic E-state index is -0.544. The molecule has 1 heterocycles. The number of nitrogens with one attached hydrogen (secondary N) is 1. The maximum absolute atomic E-state index is 12.2. The van der Waals surface area contributed by atoms with Crippen LogP contribution in [0, 0.1) is 0 Å². The van der Waals surface area contributed by atoms with Crippen molar-refractivity contribution in [2.45, 2.75) is 30.1 Å². The van der Waals surface area contributed by atoms with E-state index in [1.165, 1.54) is 25.8 Å². The third kappa shape index (κ3) is 4.49. The van der Waals surface area contributed by atoms with E-state index in [-0.39, 0.29) is 24.7 Å². The lowest BCUT2D eigenvalue weighted by Crippen LogP contribution is -2.31. The Labute approximate surface area is 161 Å². The Morgan fingerprint density at radius 1 is 1.19 bits per heavy atom. The lowest BCUT2D eigenvalue weighted by atomic mass is 10.1. The summed E-state index contributed by atoms with van der Waals surface area (Å²) in [5.41, 5.74) is 1.87. The van der Waals surface area contributed by atoms with Crippen molar-refractivity contribution < 1.29 is 23.9 Å². The Kier molecular flexibility index (Phi) is 5.81. The number of rotatable bonds is 6. The fraction of sp³-hybridized carbons (Fsp3) is 0.250. The van der Waals surface area contributed by atoms with E-state index in [0.29, 0.717) is 16.9 Å². The lowest BCUT2D eigenvalue weighted by molar-refractivity contribution is -0.145. The van der Waals surface area contributed by atoms with Gasteiger partial charge in [0.1, 0.15) is 12.4 Å². The Bertz CT molecular complexity index is 896. The van der Waals surface area contributed by atoms with Gasteiger partial charge in [0.05, 0.1) is 24.5 Å². The van der Waals surface area contributed by atoms with Gasteiger partial charge in [0.25, 0.3) is 0 Å². The van der Waals surface area contributed by atoms with Gasteiger partial charge in [-0.15, -0.1) is 11.8 Å². The molecule has 140 valence electrons. The van der Waals surface area contributed by atoms with Crippen LogP contribution in [0.4, 0.5) is 5.69 Å². The molecule has 1 N–H and O–H groups in total. The van der Waals surface area contributed by atoms with Gasteiger partial charge in [-0.3, -0.25) is 14.4 Å². The monoisotopic (exact) mass is 385 g/mol. The topological polar surface area (TPSA) is 81.7 Å². The maximum Gasteiger partial charge on any atom is 0.307 e. The summed E-state index contributed by atoms with van der Waals surface area (Å²) in [6.45, 7) is 1.44. The van der Waals surface area contributed by atoms with Crippen molar-refractivity contribution in [2.24, 2.45) is 0 Å². The Morgan fingerprint density at radius 2 is 1.96 bits per heavy atom. The molecule has 1 amide bonds. The van der Waals surface area contributed by atoms with Crippen LogP contribution in [-0.4, -0.2) is 30.0 Å². The molecule has 0 saturated heterocycles. The number of hydrogen-bond donors (Lipinski definition) is 1. The number of amides is 1. The summed E-state index contributed by atoms with van der Waals surface area (Å²) in [5, 5.41) is 2.26. The minimum absolute atomic E-state index is 0.0290. The molecule has 0 spiro atoms. The summed E-state index contributed by atoms with van der Waals surface area (Å²) >= 11 is 1.35. The highest BCUT2D eigenvalue weighted by molar-refractivity contribution is 8.01. The highest BCUT2D eigenvalue weighted by Crippen LogP contribution is 2.36. The third-order valence-corrected chi connectivity index (χ3v) is 5.41. The largest absolute Gasteiger partial charge is 0.496 e. The minimum Gasteiger partial charge on any atom is -0.496 e. The number of methoxy groups -OCH3 is 1. The Balaban J connectivity index is 1.63. The zero-order valence-electron chi connectivity index (χ0n) is 15.0. The molecule has 0 aliphatic carbocycles. The van der Waals surface area contributed by atoms with Crippen molar-refractivity contribution in [3.8, 4) is 5.75 Å². The van der Waals surface area contributed by atoms with Crippen LogP contribution < -0.4 is 10.1 Å². The van der Waals surface area contributed by atoms with Crippen LogP contribution in [0.1, 0.15) is 29.3 Å². The molecule has 27 heavy (non-hydrogen) atoms. The highest BCUT2D eigenvalue weighted by Gasteiger charge is 2.29. The van der Waals surface area contributed by atoms with Gasteiger partial charge in [0.15, 0.2) is 5.78 Å². The molecular formula is C20H19NO5S. The molecule has 2 aromatic rings. The number of para-hydroxylation sites is 1. The van der Waals surface area contributed by atoms with Gasteiger partial charge >= 0.3 is 5.97 Å². The quantitative estimate of drug-likeness (QED) is 0.606. The second-order valence-corrected chi connectivity index (χ2v) is 7.28. The first-order valence-corrected chi connectivity index (χ1v) is 9.26. The predicted molar refractivity (Wildman–Crippen MR) is 102 cm³/mol. The van der Waals surface area contributed by atoms with E-state index in [9.17, 15) is 14.4 Å². The van der Waals surface area contributed by atoms with Crippen LogP contribution in [-0.2, 0) is 20.9 Å². The number of ether oxygens (including phenoxy) is 2. The summed E-state index contributed by atoms with van der Waals surface area (Å²) < 4.78 is 10.6. The summed E-state index contributed by atoms with van der Waals surface area (Å²) in [6.07, 6.45) is -0.0421. The first-order chi connectivity index (χ1) is 13.0. The standard InChI is InChI=1S/C20H19NO5S/c1-12(22)13-7-8-16(25-2)14(9-13)11-26-19(23)10-18-20(24)21-15-5-3-4-6-17(15)27-18/h3-9,18H,10-11H2,1-2H3,(H,21,24)/t18-/m1/s1. The van der Waals surface area contributed by atoms with Gasteiger partial charge in [-0.2, -0.15) is 0 Å². The number of fused-ring (bicyclic) bond motifs is 1. The Hall–Kier alpha value is -2.80. The van der Waals surface area contributed by atoms with Crippen molar-refractivity contribution in [1.82, 2.24) is 0 Å². The zero-order valence-corrected chi connectivity index (χ0v) is 15.8. The molecule has 3 rings (SSSR count). The molecule has 0 bridgehead atoms. The maximum atomic E-state index is 12.2. The molecule has 0 aromatic heterocycles. The number of ketones is 1. The van der Waals surface area contributed by atoms with Gasteiger partial charge in [-0.1, -0.05) is 12.1 Å². The summed E-state index contributed by atoms with van der Waals surface area (Å²) in [5.74, 6) is -0.255. The normalized spacial score (nSPS) is 15.5. The third-order valence-electron chi connectivity index (χ3n) is 4.13. The average Bonchev–Trinajstić information content (AvgIpc) is 2.66. The SMILES string of the molecule is COc1ccc(C(C)=O)cc1COC(=O)C[C@H]1Sc2ccccc2NC1=O. The van der Waals surface area contributed by atoms with Crippen LogP contribution in [0.25, 0.3) is 0 Å². The van der Waals surface area contributed by atoms with Crippen LogP contribution >= 0.6 is 11.8 Å². The number of anilines is 1. The number of hydrogen-bond acceptors (Lipinski definition) is 6. The summed E-state index contributed by atoms with van der Waals surface area (Å²) in [6, 6.07) is 12.4. The van der Waals surface area contributed by atoms with Gasteiger partial charge in [-0.05, 0) is 37.3 Å². The molecule has 0 radical (unpaired) electrons. The molecule has 0 unspecified atom stereocenters. The number of benzene rings is 2. The van der Waals surface area contributed by atoms with Crippen molar-refractivity contribution >= 4 is 35.1 Å². The van der Waals surface area contributed by atoms with Crippen LogP contribution in [0.2, 0.25) is 0 Å². The number of thioether (sulfide) groups is 1. The predicted octanol–water partition coefficient (Wildman–Crippen LogP) is 3.44. The second kappa shape index (κ2) is 8.26. The van der Waals surface area contributed by atoms with Crippen molar-refractivity contribution in [2.75, 3.05) is 12.4 Å². The van der Waals surface area contributed by atoms with Crippen molar-refractivity contribution in [1.29, 1.82) is 0 Å². The van der Waals surface area contributed by atoms with Crippen molar-refractivity contribution in [3.05, 3.63) is 53.6 Å². The van der Waals surface area contributed by atoms with E-state index in [1.54, 1.807) is 18.2 Å².